The van der Waals surface area contributed by atoms with Crippen molar-refractivity contribution >= 4 is 11.1 Å². The summed E-state index contributed by atoms with van der Waals surface area (Å²) in [6.07, 6.45) is 5.12. The zero-order valence-electron chi connectivity index (χ0n) is 10.6. The van der Waals surface area contributed by atoms with Gasteiger partial charge < -0.3 is 4.42 Å². The summed E-state index contributed by atoms with van der Waals surface area (Å²) in [6.45, 7) is 4.41. The van der Waals surface area contributed by atoms with Crippen molar-refractivity contribution in [1.82, 2.24) is 4.98 Å². The van der Waals surface area contributed by atoms with E-state index in [1.807, 2.05) is 0 Å². The summed E-state index contributed by atoms with van der Waals surface area (Å²) >= 11 is 0. The van der Waals surface area contributed by atoms with Crippen molar-refractivity contribution in [2.24, 2.45) is 0 Å². The molecule has 1 heterocycles. The number of oxazole rings is 1. The Hall–Kier alpha value is -1.31. The first-order valence-corrected chi connectivity index (χ1v) is 6.64. The van der Waals surface area contributed by atoms with Crippen molar-refractivity contribution in [1.29, 1.82) is 0 Å². The van der Waals surface area contributed by atoms with E-state index in [1.165, 1.54) is 31.2 Å². The van der Waals surface area contributed by atoms with E-state index < -0.39 is 0 Å². The van der Waals surface area contributed by atoms with E-state index in [2.05, 4.69) is 37.0 Å². The van der Waals surface area contributed by atoms with Crippen molar-refractivity contribution < 1.29 is 4.42 Å². The Balaban J connectivity index is 2.00. The first-order valence-electron chi connectivity index (χ1n) is 6.64. The molecule has 1 aromatic heterocycles. The zero-order valence-corrected chi connectivity index (χ0v) is 10.6. The fourth-order valence-corrected chi connectivity index (χ4v) is 2.67. The normalized spacial score (nSPS) is 17.4. The molecule has 2 aromatic rings. The number of benzene rings is 1. The molecule has 0 bridgehead atoms. The molecule has 2 heteroatoms. The maximum Gasteiger partial charge on any atom is 0.198 e. The lowest BCUT2D eigenvalue weighted by atomic mass is 10.0. The van der Waals surface area contributed by atoms with Crippen molar-refractivity contribution in [3.05, 3.63) is 29.7 Å². The van der Waals surface area contributed by atoms with Crippen LogP contribution in [-0.4, -0.2) is 4.98 Å². The smallest absolute Gasteiger partial charge is 0.198 e. The molecule has 0 aliphatic heterocycles. The SMILES string of the molecule is CC(C)c1ccc2oc(C3CCCC3)nc2c1. The summed E-state index contributed by atoms with van der Waals surface area (Å²) in [5, 5.41) is 0. The Bertz CT molecular complexity index is 521. The van der Waals surface area contributed by atoms with E-state index in [9.17, 15) is 0 Å². The minimum Gasteiger partial charge on any atom is -0.440 e. The lowest BCUT2D eigenvalue weighted by Gasteiger charge is -2.02. The van der Waals surface area contributed by atoms with Crippen LogP contribution in [0, 0.1) is 0 Å². The van der Waals surface area contributed by atoms with Gasteiger partial charge in [-0.05, 0) is 36.5 Å². The van der Waals surface area contributed by atoms with Crippen molar-refractivity contribution in [2.75, 3.05) is 0 Å². The highest BCUT2D eigenvalue weighted by atomic mass is 16.3. The average Bonchev–Trinajstić information content (AvgIpc) is 2.96. The first kappa shape index (κ1) is 10.8. The fraction of sp³-hybridized carbons (Fsp3) is 0.533. The van der Waals surface area contributed by atoms with Gasteiger partial charge in [0, 0.05) is 5.92 Å². The number of hydrogen-bond acceptors (Lipinski definition) is 2. The highest BCUT2D eigenvalue weighted by molar-refractivity contribution is 5.73. The third-order valence-electron chi connectivity index (χ3n) is 3.80. The van der Waals surface area contributed by atoms with Gasteiger partial charge in [-0.1, -0.05) is 32.8 Å². The summed E-state index contributed by atoms with van der Waals surface area (Å²) < 4.78 is 5.88. The summed E-state index contributed by atoms with van der Waals surface area (Å²) in [5.41, 5.74) is 3.30. The van der Waals surface area contributed by atoms with Gasteiger partial charge >= 0.3 is 0 Å². The van der Waals surface area contributed by atoms with Crippen molar-refractivity contribution in [3.8, 4) is 0 Å². The van der Waals surface area contributed by atoms with E-state index in [0.717, 1.165) is 17.0 Å². The summed E-state index contributed by atoms with van der Waals surface area (Å²) in [6, 6.07) is 6.38. The van der Waals surface area contributed by atoms with Gasteiger partial charge in [-0.15, -0.1) is 0 Å². The largest absolute Gasteiger partial charge is 0.440 e. The molecule has 3 rings (SSSR count). The van der Waals surface area contributed by atoms with Crippen LogP contribution < -0.4 is 0 Å². The van der Waals surface area contributed by atoms with Crippen LogP contribution in [0.4, 0.5) is 0 Å². The van der Waals surface area contributed by atoms with Crippen LogP contribution in [0.15, 0.2) is 22.6 Å². The van der Waals surface area contributed by atoms with Crippen LogP contribution in [0.1, 0.15) is 62.8 Å². The standard InChI is InChI=1S/C15H19NO/c1-10(2)12-7-8-14-13(9-12)16-15(17-14)11-5-3-4-6-11/h7-11H,3-6H2,1-2H3. The molecule has 1 saturated carbocycles. The molecule has 1 aliphatic carbocycles. The third kappa shape index (κ3) is 1.97. The maximum absolute atomic E-state index is 5.88. The lowest BCUT2D eigenvalue weighted by Crippen LogP contribution is -1.91. The van der Waals surface area contributed by atoms with Crippen LogP contribution in [-0.2, 0) is 0 Å². The second-order valence-corrected chi connectivity index (χ2v) is 5.42. The number of fused-ring (bicyclic) bond motifs is 1. The maximum atomic E-state index is 5.88. The quantitative estimate of drug-likeness (QED) is 0.751. The van der Waals surface area contributed by atoms with Crippen molar-refractivity contribution in [2.45, 2.75) is 51.4 Å². The number of nitrogens with zero attached hydrogens (tertiary/aromatic N) is 1. The van der Waals surface area contributed by atoms with E-state index >= 15 is 0 Å². The van der Waals surface area contributed by atoms with Crippen LogP contribution in [0.5, 0.6) is 0 Å². The Kier molecular flexibility index (Phi) is 2.65. The molecule has 0 unspecified atom stereocenters. The molecule has 0 spiro atoms. The van der Waals surface area contributed by atoms with Gasteiger partial charge in [0.1, 0.15) is 5.52 Å². The van der Waals surface area contributed by atoms with Gasteiger partial charge in [-0.3, -0.25) is 0 Å². The number of aromatic nitrogens is 1. The van der Waals surface area contributed by atoms with Crippen LogP contribution in [0.2, 0.25) is 0 Å². The molecule has 0 N–H and O–H groups in total. The van der Waals surface area contributed by atoms with Gasteiger partial charge in [0.15, 0.2) is 11.5 Å². The Morgan fingerprint density at radius 3 is 2.71 bits per heavy atom. The van der Waals surface area contributed by atoms with Crippen LogP contribution >= 0.6 is 0 Å². The second kappa shape index (κ2) is 4.17. The highest BCUT2D eigenvalue weighted by Gasteiger charge is 2.22. The molecular weight excluding hydrogens is 210 g/mol. The third-order valence-corrected chi connectivity index (χ3v) is 3.80. The summed E-state index contributed by atoms with van der Waals surface area (Å²) in [5.74, 6) is 2.06. The zero-order chi connectivity index (χ0) is 11.8. The molecule has 17 heavy (non-hydrogen) atoms. The molecule has 1 fully saturated rings. The minimum absolute atomic E-state index is 0.547. The molecule has 90 valence electrons. The van der Waals surface area contributed by atoms with Gasteiger partial charge in [0.05, 0.1) is 0 Å². The topological polar surface area (TPSA) is 26.0 Å². The van der Waals surface area contributed by atoms with E-state index in [-0.39, 0.29) is 0 Å². The number of hydrogen-bond donors (Lipinski definition) is 0. The molecule has 1 aliphatic rings. The van der Waals surface area contributed by atoms with E-state index in [4.69, 9.17) is 4.42 Å². The van der Waals surface area contributed by atoms with E-state index in [0.29, 0.717) is 11.8 Å². The summed E-state index contributed by atoms with van der Waals surface area (Å²) in [4.78, 5) is 4.67. The number of rotatable bonds is 2. The molecule has 0 saturated heterocycles. The van der Waals surface area contributed by atoms with Crippen LogP contribution in [0.3, 0.4) is 0 Å². The molecule has 0 radical (unpaired) electrons. The molecule has 1 aromatic carbocycles. The first-order chi connectivity index (χ1) is 8.24. The Labute approximate surface area is 102 Å². The summed E-state index contributed by atoms with van der Waals surface area (Å²) in [7, 11) is 0. The molecule has 2 nitrogen and oxygen atoms in total. The second-order valence-electron chi connectivity index (χ2n) is 5.42. The van der Waals surface area contributed by atoms with Gasteiger partial charge in [-0.2, -0.15) is 0 Å². The predicted molar refractivity (Wildman–Crippen MR) is 69.3 cm³/mol. The van der Waals surface area contributed by atoms with Gasteiger partial charge in [0.2, 0.25) is 0 Å². The van der Waals surface area contributed by atoms with E-state index in [1.54, 1.807) is 0 Å². The molecule has 0 amide bonds. The molecular formula is C15H19NO. The lowest BCUT2D eigenvalue weighted by molar-refractivity contribution is 0.474. The van der Waals surface area contributed by atoms with Gasteiger partial charge in [0.25, 0.3) is 0 Å². The minimum atomic E-state index is 0.547. The predicted octanol–water partition coefficient (Wildman–Crippen LogP) is 4.61. The monoisotopic (exact) mass is 229 g/mol. The Morgan fingerprint density at radius 2 is 2.00 bits per heavy atom. The Morgan fingerprint density at radius 1 is 1.24 bits per heavy atom. The van der Waals surface area contributed by atoms with Crippen molar-refractivity contribution in [3.63, 3.8) is 0 Å². The average molecular weight is 229 g/mol. The highest BCUT2D eigenvalue weighted by Crippen LogP contribution is 2.35. The molecule has 0 atom stereocenters. The fourth-order valence-electron chi connectivity index (χ4n) is 2.67. The van der Waals surface area contributed by atoms with Gasteiger partial charge in [-0.25, -0.2) is 4.98 Å². The van der Waals surface area contributed by atoms with Crippen LogP contribution in [0.25, 0.3) is 11.1 Å².